The van der Waals surface area contributed by atoms with Crippen LogP contribution in [0.25, 0.3) is 10.9 Å². The monoisotopic (exact) mass is 201 g/mol. The summed E-state index contributed by atoms with van der Waals surface area (Å²) in [6, 6.07) is 4.21. The molecule has 2 rings (SSSR count). The van der Waals surface area contributed by atoms with E-state index < -0.39 is 0 Å². The molecule has 0 amide bonds. The van der Waals surface area contributed by atoms with Gasteiger partial charge in [-0.25, -0.2) is 0 Å². The highest BCUT2D eigenvalue weighted by molar-refractivity contribution is 5.92. The molecule has 0 radical (unpaired) electrons. The Labute approximate surface area is 89.3 Å². The number of carbonyl (C=O) groups is 1. The van der Waals surface area contributed by atoms with Gasteiger partial charge >= 0.3 is 0 Å². The summed E-state index contributed by atoms with van der Waals surface area (Å²) >= 11 is 0. The molecule has 0 spiro atoms. The molecule has 0 aliphatic carbocycles. The van der Waals surface area contributed by atoms with Gasteiger partial charge in [-0.2, -0.15) is 0 Å². The van der Waals surface area contributed by atoms with E-state index in [9.17, 15) is 4.79 Å². The third-order valence-corrected chi connectivity index (χ3v) is 2.77. The molecule has 1 aromatic carbocycles. The van der Waals surface area contributed by atoms with Crippen molar-refractivity contribution in [2.75, 3.05) is 0 Å². The van der Waals surface area contributed by atoms with E-state index in [4.69, 9.17) is 0 Å². The fourth-order valence-corrected chi connectivity index (χ4v) is 2.05. The van der Waals surface area contributed by atoms with Crippen LogP contribution in [0.3, 0.4) is 0 Å². The number of benzene rings is 1. The number of rotatable bonds is 2. The van der Waals surface area contributed by atoms with Crippen molar-refractivity contribution in [2.24, 2.45) is 0 Å². The summed E-state index contributed by atoms with van der Waals surface area (Å²) in [5, 5.41) is 1.21. The van der Waals surface area contributed by atoms with Gasteiger partial charge in [0.1, 0.15) is 5.78 Å². The van der Waals surface area contributed by atoms with E-state index in [-0.39, 0.29) is 5.78 Å². The Morgan fingerprint density at radius 3 is 2.60 bits per heavy atom. The van der Waals surface area contributed by atoms with Crippen LogP contribution in [0.2, 0.25) is 0 Å². The molecular weight excluding hydrogens is 186 g/mol. The van der Waals surface area contributed by atoms with Gasteiger partial charge in [0.2, 0.25) is 0 Å². The molecule has 0 fully saturated rings. The van der Waals surface area contributed by atoms with Gasteiger partial charge < -0.3 is 4.98 Å². The van der Waals surface area contributed by atoms with Crippen molar-refractivity contribution in [3.63, 3.8) is 0 Å². The summed E-state index contributed by atoms with van der Waals surface area (Å²) in [5.74, 6) is 0.205. The normalized spacial score (nSPS) is 10.9. The molecule has 2 nitrogen and oxygen atoms in total. The zero-order valence-corrected chi connectivity index (χ0v) is 9.35. The maximum atomic E-state index is 11.1. The minimum absolute atomic E-state index is 0.205. The molecule has 0 bridgehead atoms. The molecule has 2 heteroatoms. The van der Waals surface area contributed by atoms with Gasteiger partial charge in [-0.05, 0) is 37.5 Å². The molecule has 0 atom stereocenters. The lowest BCUT2D eigenvalue weighted by atomic mass is 10.0. The first-order chi connectivity index (χ1) is 7.09. The second kappa shape index (κ2) is 3.54. The third-order valence-electron chi connectivity index (χ3n) is 2.77. The van der Waals surface area contributed by atoms with Crippen LogP contribution in [0.15, 0.2) is 18.3 Å². The van der Waals surface area contributed by atoms with Crippen LogP contribution in [0.5, 0.6) is 0 Å². The number of hydrogen-bond acceptors (Lipinski definition) is 1. The van der Waals surface area contributed by atoms with E-state index in [2.05, 4.69) is 31.0 Å². The van der Waals surface area contributed by atoms with E-state index in [1.165, 1.54) is 16.5 Å². The van der Waals surface area contributed by atoms with E-state index in [1.54, 1.807) is 6.92 Å². The summed E-state index contributed by atoms with van der Waals surface area (Å²) in [7, 11) is 0. The molecule has 2 aromatic rings. The number of H-pyrrole nitrogens is 1. The van der Waals surface area contributed by atoms with Crippen molar-refractivity contribution in [1.29, 1.82) is 0 Å². The molecule has 1 N–H and O–H groups in total. The topological polar surface area (TPSA) is 32.9 Å². The molecule has 0 unspecified atom stereocenters. The maximum absolute atomic E-state index is 11.1. The quantitative estimate of drug-likeness (QED) is 0.796. The van der Waals surface area contributed by atoms with Gasteiger partial charge in [0.05, 0.1) is 0 Å². The molecule has 15 heavy (non-hydrogen) atoms. The van der Waals surface area contributed by atoms with Crippen molar-refractivity contribution in [3.05, 3.63) is 35.0 Å². The fraction of sp³-hybridized carbons (Fsp3) is 0.308. The van der Waals surface area contributed by atoms with E-state index in [0.29, 0.717) is 6.42 Å². The molecule has 0 saturated carbocycles. The third kappa shape index (κ3) is 1.67. The highest BCUT2D eigenvalue weighted by atomic mass is 16.1. The van der Waals surface area contributed by atoms with Crippen molar-refractivity contribution in [1.82, 2.24) is 4.98 Å². The zero-order chi connectivity index (χ0) is 11.0. The lowest BCUT2D eigenvalue weighted by molar-refractivity contribution is -0.116. The first-order valence-electron chi connectivity index (χ1n) is 5.15. The summed E-state index contributed by atoms with van der Waals surface area (Å²) in [4.78, 5) is 14.4. The van der Waals surface area contributed by atoms with Crippen LogP contribution < -0.4 is 0 Å². The lowest BCUT2D eigenvalue weighted by Gasteiger charge is -2.02. The average molecular weight is 201 g/mol. The van der Waals surface area contributed by atoms with Crippen molar-refractivity contribution < 1.29 is 4.79 Å². The molecule has 0 saturated heterocycles. The highest BCUT2D eigenvalue weighted by Gasteiger charge is 2.09. The first kappa shape index (κ1) is 9.97. The number of aromatic nitrogens is 1. The van der Waals surface area contributed by atoms with Crippen LogP contribution in [0, 0.1) is 13.8 Å². The van der Waals surface area contributed by atoms with Crippen molar-refractivity contribution in [2.45, 2.75) is 27.2 Å². The number of ketones is 1. The van der Waals surface area contributed by atoms with E-state index in [0.717, 1.165) is 11.1 Å². The van der Waals surface area contributed by atoms with E-state index >= 15 is 0 Å². The van der Waals surface area contributed by atoms with E-state index in [1.807, 2.05) is 6.20 Å². The number of aryl methyl sites for hydroxylation is 2. The number of hydrogen-bond donors (Lipinski definition) is 1. The lowest BCUT2D eigenvalue weighted by Crippen LogP contribution is -1.95. The molecule has 1 heterocycles. The van der Waals surface area contributed by atoms with Gasteiger partial charge in [0.15, 0.2) is 0 Å². The number of nitrogens with one attached hydrogen (secondary N) is 1. The van der Waals surface area contributed by atoms with Crippen LogP contribution in [0.1, 0.15) is 23.6 Å². The highest BCUT2D eigenvalue weighted by Crippen LogP contribution is 2.25. The maximum Gasteiger partial charge on any atom is 0.134 e. The zero-order valence-electron chi connectivity index (χ0n) is 9.35. The number of carbonyl (C=O) groups excluding carboxylic acids is 1. The van der Waals surface area contributed by atoms with Gasteiger partial charge in [-0.3, -0.25) is 4.79 Å². The smallest absolute Gasteiger partial charge is 0.134 e. The SMILES string of the molecule is CC(=O)Cc1c[nH]c2c(C)ccc(C)c12. The molecule has 0 aliphatic rings. The summed E-state index contributed by atoms with van der Waals surface area (Å²) < 4.78 is 0. The standard InChI is InChI=1S/C13H15NO/c1-8-4-5-9(2)13-12(8)11(7-14-13)6-10(3)15/h4-5,7,14H,6H2,1-3H3. The molecule has 0 aliphatic heterocycles. The van der Waals surface area contributed by atoms with Crippen LogP contribution in [0.4, 0.5) is 0 Å². The second-order valence-corrected chi connectivity index (χ2v) is 4.14. The number of aromatic amines is 1. The van der Waals surface area contributed by atoms with Crippen LogP contribution in [-0.2, 0) is 11.2 Å². The number of Topliss-reactive ketones (excluding diaryl/α,β-unsaturated/α-hetero) is 1. The minimum Gasteiger partial charge on any atom is -0.361 e. The predicted octanol–water partition coefficient (Wildman–Crippen LogP) is 2.92. The van der Waals surface area contributed by atoms with Gasteiger partial charge in [0.25, 0.3) is 0 Å². The largest absolute Gasteiger partial charge is 0.361 e. The molecular formula is C13H15NO. The van der Waals surface area contributed by atoms with Gasteiger partial charge in [-0.15, -0.1) is 0 Å². The van der Waals surface area contributed by atoms with Crippen molar-refractivity contribution >= 4 is 16.7 Å². The Morgan fingerprint density at radius 2 is 1.93 bits per heavy atom. The Bertz CT molecular complexity index is 523. The first-order valence-corrected chi connectivity index (χ1v) is 5.15. The second-order valence-electron chi connectivity index (χ2n) is 4.14. The Kier molecular flexibility index (Phi) is 2.35. The molecule has 78 valence electrons. The predicted molar refractivity (Wildman–Crippen MR) is 62.2 cm³/mol. The Balaban J connectivity index is 2.67. The Hall–Kier alpha value is -1.57. The average Bonchev–Trinajstić information content (AvgIpc) is 2.56. The van der Waals surface area contributed by atoms with Gasteiger partial charge in [0, 0.05) is 23.5 Å². The Morgan fingerprint density at radius 1 is 1.27 bits per heavy atom. The van der Waals surface area contributed by atoms with Crippen molar-refractivity contribution in [3.8, 4) is 0 Å². The summed E-state index contributed by atoms with van der Waals surface area (Å²) in [5.41, 5.74) is 4.73. The van der Waals surface area contributed by atoms with Gasteiger partial charge in [-0.1, -0.05) is 12.1 Å². The minimum atomic E-state index is 0.205. The molecule has 1 aromatic heterocycles. The fourth-order valence-electron chi connectivity index (χ4n) is 2.05. The van der Waals surface area contributed by atoms with Crippen LogP contribution in [-0.4, -0.2) is 10.8 Å². The summed E-state index contributed by atoms with van der Waals surface area (Å²) in [6.45, 7) is 5.79. The number of fused-ring (bicyclic) bond motifs is 1. The van der Waals surface area contributed by atoms with Crippen LogP contribution >= 0.6 is 0 Å². The summed E-state index contributed by atoms with van der Waals surface area (Å²) in [6.07, 6.45) is 2.47.